The SMILES string of the molecule is COc1ccc(CN2CC(c3noc(-c4ccc(N(C)C)cc4)n3)CC2=O)cc1OC. The minimum atomic E-state index is -0.0915. The molecule has 2 aromatic carbocycles. The third-order valence-corrected chi connectivity index (χ3v) is 5.47. The van der Waals surface area contributed by atoms with Gasteiger partial charge in [0.15, 0.2) is 17.3 Å². The molecule has 1 amide bonds. The Hall–Kier alpha value is -3.55. The number of hydrogen-bond acceptors (Lipinski definition) is 7. The molecular weight excluding hydrogens is 396 g/mol. The first-order chi connectivity index (χ1) is 15.0. The zero-order valence-corrected chi connectivity index (χ0v) is 18.2. The van der Waals surface area contributed by atoms with Gasteiger partial charge in [-0.3, -0.25) is 4.79 Å². The molecule has 162 valence electrons. The van der Waals surface area contributed by atoms with Crippen molar-refractivity contribution in [3.63, 3.8) is 0 Å². The molecule has 0 aliphatic carbocycles. The zero-order chi connectivity index (χ0) is 22.0. The lowest BCUT2D eigenvalue weighted by Crippen LogP contribution is -2.24. The minimum Gasteiger partial charge on any atom is -0.493 e. The molecular formula is C23H26N4O4. The molecule has 0 N–H and O–H groups in total. The van der Waals surface area contributed by atoms with Gasteiger partial charge < -0.3 is 23.8 Å². The summed E-state index contributed by atoms with van der Waals surface area (Å²) in [5.41, 5.74) is 2.92. The van der Waals surface area contributed by atoms with Gasteiger partial charge in [0.25, 0.3) is 5.89 Å². The topological polar surface area (TPSA) is 80.9 Å². The predicted molar refractivity (Wildman–Crippen MR) is 116 cm³/mol. The standard InChI is InChI=1S/C23H26N4O4/c1-26(2)18-8-6-16(7-9-18)23-24-22(25-31-23)17-12-21(28)27(14-17)13-15-5-10-19(29-3)20(11-15)30-4/h5-11,17H,12-14H2,1-4H3. The van der Waals surface area contributed by atoms with Crippen molar-refractivity contribution in [3.05, 3.63) is 53.9 Å². The van der Waals surface area contributed by atoms with Crippen molar-refractivity contribution in [2.24, 2.45) is 0 Å². The quantitative estimate of drug-likeness (QED) is 0.578. The predicted octanol–water partition coefficient (Wildman–Crippen LogP) is 3.34. The van der Waals surface area contributed by atoms with Crippen molar-refractivity contribution in [2.75, 3.05) is 39.8 Å². The van der Waals surface area contributed by atoms with E-state index >= 15 is 0 Å². The molecule has 0 bridgehead atoms. The van der Waals surface area contributed by atoms with E-state index in [-0.39, 0.29) is 11.8 Å². The molecule has 1 aromatic heterocycles. The summed E-state index contributed by atoms with van der Waals surface area (Å²) in [7, 11) is 7.18. The number of benzene rings is 2. The second-order valence-corrected chi connectivity index (χ2v) is 7.76. The summed E-state index contributed by atoms with van der Waals surface area (Å²) >= 11 is 0. The smallest absolute Gasteiger partial charge is 0.257 e. The second kappa shape index (κ2) is 8.67. The van der Waals surface area contributed by atoms with Gasteiger partial charge in [0, 0.05) is 50.8 Å². The average Bonchev–Trinajstić information content (AvgIpc) is 3.41. The Balaban J connectivity index is 1.45. The fourth-order valence-electron chi connectivity index (χ4n) is 3.72. The van der Waals surface area contributed by atoms with E-state index in [4.69, 9.17) is 14.0 Å². The van der Waals surface area contributed by atoms with Gasteiger partial charge in [-0.15, -0.1) is 0 Å². The molecule has 1 aliphatic rings. The zero-order valence-electron chi connectivity index (χ0n) is 18.2. The van der Waals surface area contributed by atoms with Crippen LogP contribution in [0.5, 0.6) is 11.5 Å². The molecule has 1 fully saturated rings. The van der Waals surface area contributed by atoms with Gasteiger partial charge >= 0.3 is 0 Å². The third-order valence-electron chi connectivity index (χ3n) is 5.47. The Morgan fingerprint density at radius 1 is 1.10 bits per heavy atom. The number of carbonyl (C=O) groups excluding carboxylic acids is 1. The number of methoxy groups -OCH3 is 2. The van der Waals surface area contributed by atoms with Crippen molar-refractivity contribution >= 4 is 11.6 Å². The third kappa shape index (κ3) is 4.33. The van der Waals surface area contributed by atoms with Gasteiger partial charge in [-0.25, -0.2) is 0 Å². The number of nitrogens with zero attached hydrogens (tertiary/aromatic N) is 4. The van der Waals surface area contributed by atoms with Gasteiger partial charge in [-0.1, -0.05) is 11.2 Å². The number of hydrogen-bond donors (Lipinski definition) is 0. The minimum absolute atomic E-state index is 0.0708. The second-order valence-electron chi connectivity index (χ2n) is 7.76. The summed E-state index contributed by atoms with van der Waals surface area (Å²) in [6.07, 6.45) is 0.367. The fourth-order valence-corrected chi connectivity index (χ4v) is 3.72. The van der Waals surface area contributed by atoms with E-state index in [1.54, 1.807) is 14.2 Å². The van der Waals surface area contributed by atoms with Crippen LogP contribution in [0.2, 0.25) is 0 Å². The van der Waals surface area contributed by atoms with E-state index in [1.807, 2.05) is 66.4 Å². The Morgan fingerprint density at radius 2 is 1.84 bits per heavy atom. The largest absolute Gasteiger partial charge is 0.493 e. The van der Waals surface area contributed by atoms with Gasteiger partial charge in [-0.2, -0.15) is 4.98 Å². The van der Waals surface area contributed by atoms with Crippen LogP contribution in [-0.4, -0.2) is 55.8 Å². The maximum atomic E-state index is 12.6. The molecule has 31 heavy (non-hydrogen) atoms. The van der Waals surface area contributed by atoms with E-state index in [0.717, 1.165) is 16.8 Å². The van der Waals surface area contributed by atoms with Gasteiger partial charge in [0.1, 0.15) is 0 Å². The summed E-state index contributed by atoms with van der Waals surface area (Å²) < 4.78 is 16.1. The van der Waals surface area contributed by atoms with Crippen LogP contribution in [0.1, 0.15) is 23.7 Å². The fraction of sp³-hybridized carbons (Fsp3) is 0.348. The van der Waals surface area contributed by atoms with Crippen LogP contribution < -0.4 is 14.4 Å². The summed E-state index contributed by atoms with van der Waals surface area (Å²) in [5, 5.41) is 4.15. The number of likely N-dealkylation sites (tertiary alicyclic amines) is 1. The van der Waals surface area contributed by atoms with Crippen molar-refractivity contribution in [1.82, 2.24) is 15.0 Å². The molecule has 0 saturated carbocycles. The van der Waals surface area contributed by atoms with Gasteiger partial charge in [-0.05, 0) is 42.0 Å². The molecule has 0 radical (unpaired) electrons. The Bertz CT molecular complexity index is 1060. The van der Waals surface area contributed by atoms with Crippen LogP contribution in [0.3, 0.4) is 0 Å². The highest BCUT2D eigenvalue weighted by Crippen LogP contribution is 2.32. The maximum absolute atomic E-state index is 12.6. The van der Waals surface area contributed by atoms with Crippen LogP contribution in [-0.2, 0) is 11.3 Å². The number of carbonyl (C=O) groups is 1. The molecule has 1 atom stereocenters. The highest BCUT2D eigenvalue weighted by molar-refractivity contribution is 5.79. The van der Waals surface area contributed by atoms with Crippen LogP contribution in [0.15, 0.2) is 47.0 Å². The van der Waals surface area contributed by atoms with Crippen LogP contribution in [0.25, 0.3) is 11.5 Å². The molecule has 4 rings (SSSR count). The summed E-state index contributed by atoms with van der Waals surface area (Å²) in [5.74, 6) is 2.31. The van der Waals surface area contributed by atoms with Crippen LogP contribution in [0.4, 0.5) is 5.69 Å². The lowest BCUT2D eigenvalue weighted by atomic mass is 10.1. The first-order valence-corrected chi connectivity index (χ1v) is 10.1. The maximum Gasteiger partial charge on any atom is 0.257 e. The summed E-state index contributed by atoms with van der Waals surface area (Å²) in [6.45, 7) is 1.04. The average molecular weight is 422 g/mol. The Morgan fingerprint density at radius 3 is 2.52 bits per heavy atom. The van der Waals surface area contributed by atoms with Crippen molar-refractivity contribution < 1.29 is 18.8 Å². The molecule has 1 saturated heterocycles. The lowest BCUT2D eigenvalue weighted by Gasteiger charge is -2.17. The molecule has 3 aromatic rings. The number of aromatic nitrogens is 2. The van der Waals surface area contributed by atoms with E-state index in [2.05, 4.69) is 10.1 Å². The molecule has 0 spiro atoms. The highest BCUT2D eigenvalue weighted by atomic mass is 16.5. The van der Waals surface area contributed by atoms with Crippen molar-refractivity contribution in [1.29, 1.82) is 0 Å². The molecule has 2 heterocycles. The van der Waals surface area contributed by atoms with E-state index < -0.39 is 0 Å². The normalized spacial score (nSPS) is 15.9. The number of ether oxygens (including phenoxy) is 2. The molecule has 8 heteroatoms. The van der Waals surface area contributed by atoms with Gasteiger partial charge in [0.2, 0.25) is 5.91 Å². The first kappa shape index (κ1) is 20.7. The van der Waals surface area contributed by atoms with Crippen LogP contribution in [0, 0.1) is 0 Å². The van der Waals surface area contributed by atoms with Gasteiger partial charge in [0.05, 0.1) is 14.2 Å². The number of anilines is 1. The van der Waals surface area contributed by atoms with E-state index in [0.29, 0.717) is 42.7 Å². The molecule has 1 aliphatic heterocycles. The molecule has 1 unspecified atom stereocenters. The summed E-state index contributed by atoms with van der Waals surface area (Å²) in [4.78, 5) is 21.0. The number of rotatable bonds is 7. The lowest BCUT2D eigenvalue weighted by molar-refractivity contribution is -0.128. The van der Waals surface area contributed by atoms with Crippen LogP contribution >= 0.6 is 0 Å². The van der Waals surface area contributed by atoms with Crippen molar-refractivity contribution in [3.8, 4) is 23.0 Å². The van der Waals surface area contributed by atoms with Crippen molar-refractivity contribution in [2.45, 2.75) is 18.9 Å². The summed E-state index contributed by atoms with van der Waals surface area (Å²) in [6, 6.07) is 13.6. The monoisotopic (exact) mass is 422 g/mol. The van der Waals surface area contributed by atoms with E-state index in [9.17, 15) is 4.79 Å². The highest BCUT2D eigenvalue weighted by Gasteiger charge is 2.34. The Kier molecular flexibility index (Phi) is 5.79. The Labute approximate surface area is 181 Å². The number of amides is 1. The molecule has 8 nitrogen and oxygen atoms in total. The van der Waals surface area contributed by atoms with E-state index in [1.165, 1.54) is 0 Å². The first-order valence-electron chi connectivity index (χ1n) is 10.1.